The summed E-state index contributed by atoms with van der Waals surface area (Å²) >= 11 is 0. The Balaban J connectivity index is 2.14. The highest BCUT2D eigenvalue weighted by Crippen LogP contribution is 2.32. The van der Waals surface area contributed by atoms with Crippen molar-refractivity contribution in [3.05, 3.63) is 28.3 Å². The smallest absolute Gasteiger partial charge is 0.311 e. The molecule has 1 aromatic carbocycles. The van der Waals surface area contributed by atoms with Crippen LogP contribution in [0.4, 0.5) is 5.69 Å². The van der Waals surface area contributed by atoms with Gasteiger partial charge in [0, 0.05) is 18.7 Å². The summed E-state index contributed by atoms with van der Waals surface area (Å²) in [5, 5.41) is 14.3. The van der Waals surface area contributed by atoms with Gasteiger partial charge in [0.25, 0.3) is 0 Å². The van der Waals surface area contributed by atoms with E-state index in [9.17, 15) is 10.1 Å². The summed E-state index contributed by atoms with van der Waals surface area (Å²) in [7, 11) is 0. The fraction of sp³-hybridized carbons (Fsp3) is 0.600. The van der Waals surface area contributed by atoms with Gasteiger partial charge in [0.05, 0.1) is 11.5 Å². The number of nitro benzene ring substituents is 1. The van der Waals surface area contributed by atoms with Gasteiger partial charge in [-0.25, -0.2) is 0 Å². The van der Waals surface area contributed by atoms with E-state index in [0.29, 0.717) is 18.3 Å². The Morgan fingerprint density at radius 3 is 2.95 bits per heavy atom. The number of ether oxygens (including phenoxy) is 2. The van der Waals surface area contributed by atoms with Crippen LogP contribution in [0, 0.1) is 16.0 Å². The second-order valence-corrected chi connectivity index (χ2v) is 5.36. The zero-order valence-electron chi connectivity index (χ0n) is 12.5. The Kier molecular flexibility index (Phi) is 5.38. The molecule has 1 fully saturated rings. The largest absolute Gasteiger partial charge is 0.489 e. The molecule has 0 spiro atoms. The summed E-state index contributed by atoms with van der Waals surface area (Å²) in [6.45, 7) is 6.37. The Bertz CT molecular complexity index is 493. The van der Waals surface area contributed by atoms with Gasteiger partial charge in [-0.1, -0.05) is 13.8 Å². The number of rotatable bonds is 6. The maximum absolute atomic E-state index is 11.0. The molecule has 6 heteroatoms. The average Bonchev–Trinajstić information content (AvgIpc) is 2.47. The Hall–Kier alpha value is -1.82. The fourth-order valence-corrected chi connectivity index (χ4v) is 2.34. The van der Waals surface area contributed by atoms with Gasteiger partial charge < -0.3 is 14.8 Å². The Morgan fingerprint density at radius 2 is 2.29 bits per heavy atom. The van der Waals surface area contributed by atoms with E-state index in [-0.39, 0.29) is 17.5 Å². The molecule has 0 radical (unpaired) electrons. The first kappa shape index (κ1) is 15.6. The van der Waals surface area contributed by atoms with Crippen molar-refractivity contribution in [3.8, 4) is 11.5 Å². The lowest BCUT2D eigenvalue weighted by Gasteiger charge is -2.30. The molecule has 2 unspecified atom stereocenters. The molecule has 1 aliphatic rings. The van der Waals surface area contributed by atoms with Gasteiger partial charge >= 0.3 is 5.69 Å². The molecule has 116 valence electrons. The molecule has 1 saturated heterocycles. The molecule has 1 heterocycles. The minimum atomic E-state index is -0.431. The molecule has 0 aromatic heterocycles. The van der Waals surface area contributed by atoms with Crippen molar-refractivity contribution in [3.63, 3.8) is 0 Å². The van der Waals surface area contributed by atoms with Crippen molar-refractivity contribution in [2.75, 3.05) is 19.7 Å². The lowest BCUT2D eigenvalue weighted by molar-refractivity contribution is -0.385. The fourth-order valence-electron chi connectivity index (χ4n) is 2.34. The van der Waals surface area contributed by atoms with E-state index < -0.39 is 4.92 Å². The molecule has 1 aromatic rings. The molecule has 0 bridgehead atoms. The van der Waals surface area contributed by atoms with Gasteiger partial charge in [-0.15, -0.1) is 0 Å². The number of hydrogen-bond acceptors (Lipinski definition) is 5. The second-order valence-electron chi connectivity index (χ2n) is 5.36. The SMILES string of the molecule is CCCOc1cc(OC2CNCCC2C)ccc1[N+](=O)[O-]. The van der Waals surface area contributed by atoms with Crippen LogP contribution in [0.3, 0.4) is 0 Å². The number of hydrogen-bond donors (Lipinski definition) is 1. The zero-order valence-corrected chi connectivity index (χ0v) is 12.5. The van der Waals surface area contributed by atoms with Crippen molar-refractivity contribution in [2.45, 2.75) is 32.8 Å². The molecule has 6 nitrogen and oxygen atoms in total. The third-order valence-corrected chi connectivity index (χ3v) is 3.63. The maximum atomic E-state index is 11.0. The van der Waals surface area contributed by atoms with Crippen molar-refractivity contribution in [1.29, 1.82) is 0 Å². The predicted octanol–water partition coefficient (Wildman–Crippen LogP) is 2.76. The highest BCUT2D eigenvalue weighted by atomic mass is 16.6. The van der Waals surface area contributed by atoms with Gasteiger partial charge in [-0.05, 0) is 31.4 Å². The van der Waals surface area contributed by atoms with Crippen molar-refractivity contribution >= 4 is 5.69 Å². The van der Waals surface area contributed by atoms with Gasteiger partial charge in [0.1, 0.15) is 11.9 Å². The first-order chi connectivity index (χ1) is 10.1. The molecule has 2 atom stereocenters. The van der Waals surface area contributed by atoms with Crippen LogP contribution in [0.2, 0.25) is 0 Å². The second kappa shape index (κ2) is 7.26. The molecule has 1 N–H and O–H groups in total. The van der Waals surface area contributed by atoms with E-state index in [1.54, 1.807) is 12.1 Å². The third-order valence-electron chi connectivity index (χ3n) is 3.63. The van der Waals surface area contributed by atoms with E-state index in [0.717, 1.165) is 25.9 Å². The highest BCUT2D eigenvalue weighted by molar-refractivity contribution is 5.50. The lowest BCUT2D eigenvalue weighted by Crippen LogP contribution is -2.42. The predicted molar refractivity (Wildman–Crippen MR) is 79.9 cm³/mol. The van der Waals surface area contributed by atoms with Gasteiger partial charge in [0.2, 0.25) is 5.75 Å². The molecule has 2 rings (SSSR count). The maximum Gasteiger partial charge on any atom is 0.311 e. The first-order valence-corrected chi connectivity index (χ1v) is 7.40. The lowest BCUT2D eigenvalue weighted by atomic mass is 9.97. The quantitative estimate of drug-likeness (QED) is 0.645. The van der Waals surface area contributed by atoms with Gasteiger partial charge in [-0.2, -0.15) is 0 Å². The molecule has 0 saturated carbocycles. The Morgan fingerprint density at radius 1 is 1.48 bits per heavy atom. The monoisotopic (exact) mass is 294 g/mol. The van der Waals surface area contributed by atoms with Crippen LogP contribution < -0.4 is 14.8 Å². The minimum absolute atomic E-state index is 0.0226. The highest BCUT2D eigenvalue weighted by Gasteiger charge is 2.24. The van der Waals surface area contributed by atoms with E-state index in [4.69, 9.17) is 9.47 Å². The number of benzene rings is 1. The van der Waals surface area contributed by atoms with Crippen molar-refractivity contribution in [2.24, 2.45) is 5.92 Å². The average molecular weight is 294 g/mol. The zero-order chi connectivity index (χ0) is 15.2. The minimum Gasteiger partial charge on any atom is -0.489 e. The van der Waals surface area contributed by atoms with Gasteiger partial charge in [-0.3, -0.25) is 10.1 Å². The van der Waals surface area contributed by atoms with Crippen LogP contribution in [0.5, 0.6) is 11.5 Å². The van der Waals surface area contributed by atoms with E-state index in [1.165, 1.54) is 6.07 Å². The summed E-state index contributed by atoms with van der Waals surface area (Å²) < 4.78 is 11.4. The molecule has 0 amide bonds. The van der Waals surface area contributed by atoms with E-state index >= 15 is 0 Å². The molecule has 1 aliphatic heterocycles. The van der Waals surface area contributed by atoms with Crippen molar-refractivity contribution in [1.82, 2.24) is 5.32 Å². The van der Waals surface area contributed by atoms with Crippen LogP contribution in [0.15, 0.2) is 18.2 Å². The standard InChI is InChI=1S/C15H22N2O4/c1-3-8-20-14-9-12(4-5-13(14)17(18)19)21-15-10-16-7-6-11(15)2/h4-5,9,11,15-16H,3,6-8,10H2,1-2H3. The topological polar surface area (TPSA) is 73.6 Å². The summed E-state index contributed by atoms with van der Waals surface area (Å²) in [6.07, 6.45) is 1.95. The molecule has 0 aliphatic carbocycles. The van der Waals surface area contributed by atoms with Crippen molar-refractivity contribution < 1.29 is 14.4 Å². The summed E-state index contributed by atoms with van der Waals surface area (Å²) in [5.74, 6) is 1.35. The number of nitro groups is 1. The third kappa shape index (κ3) is 4.07. The van der Waals surface area contributed by atoms with Crippen LogP contribution in [0.25, 0.3) is 0 Å². The summed E-state index contributed by atoms with van der Waals surface area (Å²) in [6, 6.07) is 4.70. The van der Waals surface area contributed by atoms with Crippen LogP contribution in [-0.2, 0) is 0 Å². The van der Waals surface area contributed by atoms with Gasteiger partial charge in [0.15, 0.2) is 0 Å². The number of nitrogens with one attached hydrogen (secondary N) is 1. The van der Waals surface area contributed by atoms with E-state index in [2.05, 4.69) is 12.2 Å². The van der Waals surface area contributed by atoms with Crippen LogP contribution >= 0.6 is 0 Å². The first-order valence-electron chi connectivity index (χ1n) is 7.40. The summed E-state index contributed by atoms with van der Waals surface area (Å²) in [5.41, 5.74) is -0.0226. The normalized spacial score (nSPS) is 21.8. The van der Waals surface area contributed by atoms with E-state index in [1.807, 2.05) is 6.92 Å². The Labute approximate surface area is 124 Å². The molecule has 21 heavy (non-hydrogen) atoms. The number of nitrogens with zero attached hydrogens (tertiary/aromatic N) is 1. The summed E-state index contributed by atoms with van der Waals surface area (Å²) in [4.78, 5) is 10.6. The van der Waals surface area contributed by atoms with Crippen LogP contribution in [-0.4, -0.2) is 30.7 Å². The molecular weight excluding hydrogens is 272 g/mol. The number of piperidine rings is 1. The van der Waals surface area contributed by atoms with Crippen LogP contribution in [0.1, 0.15) is 26.7 Å². The molecular formula is C15H22N2O4.